The zero-order chi connectivity index (χ0) is 22.0. The van der Waals surface area contributed by atoms with Gasteiger partial charge in [-0.05, 0) is 48.4 Å². The number of urea groups is 1. The maximum atomic E-state index is 13.0. The van der Waals surface area contributed by atoms with Gasteiger partial charge in [-0.15, -0.1) is 0 Å². The van der Waals surface area contributed by atoms with Gasteiger partial charge in [-0.2, -0.15) is 0 Å². The van der Waals surface area contributed by atoms with Crippen molar-refractivity contribution in [2.24, 2.45) is 0 Å². The van der Waals surface area contributed by atoms with Gasteiger partial charge >= 0.3 is 6.03 Å². The van der Waals surface area contributed by atoms with Crippen LogP contribution in [0, 0.1) is 12.7 Å². The summed E-state index contributed by atoms with van der Waals surface area (Å²) in [6.07, 6.45) is 1.58. The number of aromatic nitrogens is 1. The molecule has 7 nitrogen and oxygen atoms in total. The number of hydrogen-bond donors (Lipinski definition) is 2. The Labute approximate surface area is 177 Å². The van der Waals surface area contributed by atoms with E-state index in [-0.39, 0.29) is 24.5 Å². The molecule has 1 atom stereocenters. The second-order valence-corrected chi connectivity index (χ2v) is 7.38. The molecule has 3 amide bonds. The second kappa shape index (κ2) is 8.06. The van der Waals surface area contributed by atoms with E-state index < -0.39 is 17.5 Å². The first-order chi connectivity index (χ1) is 14.9. The van der Waals surface area contributed by atoms with Gasteiger partial charge < -0.3 is 14.6 Å². The van der Waals surface area contributed by atoms with E-state index in [1.165, 1.54) is 16.7 Å². The largest absolute Gasteiger partial charge is 0.489 e. The van der Waals surface area contributed by atoms with Crippen LogP contribution >= 0.6 is 0 Å². The molecule has 0 radical (unpaired) electrons. The topological polar surface area (TPSA) is 89.4 Å². The minimum absolute atomic E-state index is 0.0547. The molecule has 0 saturated carbocycles. The zero-order valence-corrected chi connectivity index (χ0v) is 16.7. The van der Waals surface area contributed by atoms with Crippen LogP contribution in [0.3, 0.4) is 0 Å². The minimum atomic E-state index is -1.43. The quantitative estimate of drug-likeness (QED) is 0.599. The Morgan fingerprint density at radius 3 is 2.35 bits per heavy atom. The van der Waals surface area contributed by atoms with E-state index in [2.05, 4.69) is 10.6 Å². The summed E-state index contributed by atoms with van der Waals surface area (Å²) in [6, 6.07) is 15.5. The number of amides is 3. The molecule has 1 aliphatic rings. The molecule has 1 unspecified atom stereocenters. The van der Waals surface area contributed by atoms with Crippen LogP contribution in [0.15, 0.2) is 71.7 Å². The summed E-state index contributed by atoms with van der Waals surface area (Å²) < 4.78 is 20.1. The average molecular weight is 421 g/mol. The number of rotatable bonds is 6. The first kappa shape index (κ1) is 20.3. The third-order valence-electron chi connectivity index (χ3n) is 5.23. The number of nitrogens with one attached hydrogen (secondary N) is 2. The van der Waals surface area contributed by atoms with Gasteiger partial charge in [0.2, 0.25) is 0 Å². The summed E-state index contributed by atoms with van der Waals surface area (Å²) in [5.74, 6) is -0.311. The molecule has 0 aliphatic carbocycles. The van der Waals surface area contributed by atoms with Crippen molar-refractivity contribution < 1.29 is 18.7 Å². The Bertz CT molecular complexity index is 1190. The zero-order valence-electron chi connectivity index (χ0n) is 16.7. The number of aryl methyl sites for hydroxylation is 1. The molecule has 0 spiro atoms. The lowest BCUT2D eigenvalue weighted by Crippen LogP contribution is -2.49. The van der Waals surface area contributed by atoms with Crippen LogP contribution in [-0.4, -0.2) is 16.5 Å². The lowest BCUT2D eigenvalue weighted by molar-refractivity contribution is -0.124. The van der Waals surface area contributed by atoms with E-state index >= 15 is 0 Å². The smallest absolute Gasteiger partial charge is 0.322 e. The number of ether oxygens (including phenoxy) is 1. The van der Waals surface area contributed by atoms with Crippen LogP contribution in [0.4, 0.5) is 9.18 Å². The van der Waals surface area contributed by atoms with Crippen LogP contribution in [0.5, 0.6) is 5.75 Å². The maximum absolute atomic E-state index is 13.0. The van der Waals surface area contributed by atoms with Crippen LogP contribution in [0.2, 0.25) is 0 Å². The van der Waals surface area contributed by atoms with Gasteiger partial charge in [0.25, 0.3) is 11.5 Å². The third kappa shape index (κ3) is 4.05. The third-order valence-corrected chi connectivity index (χ3v) is 5.23. The van der Waals surface area contributed by atoms with Crippen LogP contribution in [-0.2, 0) is 23.5 Å². The van der Waals surface area contributed by atoms with Crippen molar-refractivity contribution >= 4 is 11.9 Å². The van der Waals surface area contributed by atoms with Gasteiger partial charge in [0, 0.05) is 11.8 Å². The van der Waals surface area contributed by atoms with E-state index in [9.17, 15) is 18.8 Å². The fourth-order valence-corrected chi connectivity index (χ4v) is 3.52. The highest BCUT2D eigenvalue weighted by Gasteiger charge is 2.48. The average Bonchev–Trinajstić information content (AvgIpc) is 3.05. The van der Waals surface area contributed by atoms with Crippen LogP contribution < -0.4 is 20.9 Å². The molecule has 3 aromatic rings. The van der Waals surface area contributed by atoms with Gasteiger partial charge in [-0.3, -0.25) is 14.9 Å². The summed E-state index contributed by atoms with van der Waals surface area (Å²) in [4.78, 5) is 37.2. The van der Waals surface area contributed by atoms with E-state index in [0.717, 1.165) is 5.56 Å². The van der Waals surface area contributed by atoms with Gasteiger partial charge in [0.05, 0.1) is 6.54 Å². The fraction of sp³-hybridized carbons (Fsp3) is 0.174. The molecule has 1 saturated heterocycles. The Balaban J connectivity index is 1.59. The number of carbonyl (C=O) groups excluding carboxylic acids is 2. The van der Waals surface area contributed by atoms with Crippen molar-refractivity contribution in [1.29, 1.82) is 0 Å². The fourth-order valence-electron chi connectivity index (χ4n) is 3.52. The number of carbonyl (C=O) groups is 2. The molecule has 1 aliphatic heterocycles. The predicted molar refractivity (Wildman–Crippen MR) is 111 cm³/mol. The number of imide groups is 1. The monoisotopic (exact) mass is 421 g/mol. The maximum Gasteiger partial charge on any atom is 0.322 e. The normalized spacial score (nSPS) is 17.9. The van der Waals surface area contributed by atoms with Gasteiger partial charge in [-0.1, -0.05) is 30.3 Å². The van der Waals surface area contributed by atoms with Crippen molar-refractivity contribution in [2.75, 3.05) is 0 Å². The molecule has 8 heteroatoms. The highest BCUT2D eigenvalue weighted by Crippen LogP contribution is 2.28. The number of hydrogen-bond acceptors (Lipinski definition) is 4. The van der Waals surface area contributed by atoms with Crippen LogP contribution in [0.1, 0.15) is 16.7 Å². The Kier molecular flexibility index (Phi) is 5.29. The predicted octanol–water partition coefficient (Wildman–Crippen LogP) is 2.61. The number of halogens is 1. The molecule has 158 valence electrons. The SMILES string of the molecule is Cc1cccn(CC2(c3ccc(OCc4ccc(F)cc4)cc3)NC(=O)NC2=O)c1=O. The molecule has 1 fully saturated rings. The second-order valence-electron chi connectivity index (χ2n) is 7.38. The highest BCUT2D eigenvalue weighted by molar-refractivity contribution is 6.07. The number of benzene rings is 2. The molecule has 4 rings (SSSR count). The molecule has 2 N–H and O–H groups in total. The van der Waals surface area contributed by atoms with E-state index in [0.29, 0.717) is 16.9 Å². The van der Waals surface area contributed by atoms with E-state index in [4.69, 9.17) is 4.74 Å². The summed E-state index contributed by atoms with van der Waals surface area (Å²) >= 11 is 0. The Morgan fingerprint density at radius 1 is 1.00 bits per heavy atom. The molecule has 1 aromatic heterocycles. The Hall–Kier alpha value is -3.94. The van der Waals surface area contributed by atoms with Crippen molar-refractivity contribution in [1.82, 2.24) is 15.2 Å². The molecular weight excluding hydrogens is 401 g/mol. The van der Waals surface area contributed by atoms with Gasteiger partial charge in [0.15, 0.2) is 5.54 Å². The van der Waals surface area contributed by atoms with E-state index in [1.807, 2.05) is 0 Å². The summed E-state index contributed by atoms with van der Waals surface area (Å²) in [5, 5.41) is 4.94. The summed E-state index contributed by atoms with van der Waals surface area (Å²) in [5.41, 5.74) is 0.188. The molecule has 2 heterocycles. The standard InChI is InChI=1S/C23H20FN3O4/c1-15-3-2-12-27(20(15)28)14-23(21(29)25-22(30)26-23)17-6-10-19(11-7-17)31-13-16-4-8-18(24)9-5-16/h2-12H,13-14H2,1H3,(H2,25,26,29,30). The molecule has 0 bridgehead atoms. The highest BCUT2D eigenvalue weighted by atomic mass is 19.1. The summed E-state index contributed by atoms with van der Waals surface area (Å²) in [6.45, 7) is 1.88. The molecule has 31 heavy (non-hydrogen) atoms. The first-order valence-electron chi connectivity index (χ1n) is 9.65. The van der Waals surface area contributed by atoms with Crippen molar-refractivity contribution in [3.05, 3.63) is 99.7 Å². The Morgan fingerprint density at radius 2 is 1.71 bits per heavy atom. The first-order valence-corrected chi connectivity index (χ1v) is 9.65. The minimum Gasteiger partial charge on any atom is -0.489 e. The molecule has 2 aromatic carbocycles. The summed E-state index contributed by atoms with van der Waals surface area (Å²) in [7, 11) is 0. The van der Waals surface area contributed by atoms with Crippen molar-refractivity contribution in [3.63, 3.8) is 0 Å². The van der Waals surface area contributed by atoms with E-state index in [1.54, 1.807) is 61.7 Å². The van der Waals surface area contributed by atoms with Gasteiger partial charge in [0.1, 0.15) is 18.2 Å². The van der Waals surface area contributed by atoms with Gasteiger partial charge in [-0.25, -0.2) is 9.18 Å². The van der Waals surface area contributed by atoms with Crippen molar-refractivity contribution in [3.8, 4) is 5.75 Å². The van der Waals surface area contributed by atoms with Crippen molar-refractivity contribution in [2.45, 2.75) is 25.6 Å². The lowest BCUT2D eigenvalue weighted by atomic mass is 9.89. The molecular formula is C23H20FN3O4. The lowest BCUT2D eigenvalue weighted by Gasteiger charge is -2.27. The van der Waals surface area contributed by atoms with Crippen LogP contribution in [0.25, 0.3) is 0 Å². The number of nitrogens with zero attached hydrogens (tertiary/aromatic N) is 1. The number of pyridine rings is 1.